The first-order valence-electron chi connectivity index (χ1n) is 2.91. The number of alkyl halides is 2. The lowest BCUT2D eigenvalue weighted by molar-refractivity contribution is 1.46. The van der Waals surface area contributed by atoms with Gasteiger partial charge in [-0.3, -0.25) is 0 Å². The van der Waals surface area contributed by atoms with Gasteiger partial charge in [-0.25, -0.2) is 0 Å². The maximum absolute atomic E-state index is 2.31. The van der Waals surface area contributed by atoms with Gasteiger partial charge in [-0.05, 0) is 10.5 Å². The summed E-state index contributed by atoms with van der Waals surface area (Å²) in [6, 6.07) is 10.7. The molecule has 0 aliphatic heterocycles. The number of halogens is 1. The molecule has 49 valence electrons. The minimum atomic E-state index is 0.429. The average molecular weight is 233 g/mol. The van der Waals surface area contributed by atoms with Gasteiger partial charge in [0.25, 0.3) is 0 Å². The molecule has 1 heteroatoms. The fourth-order valence-corrected chi connectivity index (χ4v) is 2.11. The lowest BCUT2D eigenvalue weighted by Gasteiger charge is -1.93. The molecule has 9 heavy (non-hydrogen) atoms. The van der Waals surface area contributed by atoms with Crippen molar-refractivity contribution in [1.29, 1.82) is 0 Å². The first-order chi connectivity index (χ1) is 4.43. The van der Waals surface area contributed by atoms with Gasteiger partial charge in [0.1, 0.15) is 0 Å². The zero-order chi connectivity index (χ0) is 6.53. The van der Waals surface area contributed by atoms with Crippen LogP contribution in [0.15, 0.2) is 30.3 Å². The summed E-state index contributed by atoms with van der Waals surface area (Å²) in [6.07, 6.45) is 0. The molecule has 0 saturated carbocycles. The van der Waals surface area contributed by atoms with E-state index < -0.39 is 0 Å². The van der Waals surface area contributed by atoms with Crippen molar-refractivity contribution in [2.45, 2.75) is 4.43 Å². The quantitative estimate of drug-likeness (QED) is 0.544. The van der Waals surface area contributed by atoms with Crippen LogP contribution in [0.4, 0.5) is 0 Å². The molecule has 0 bridgehead atoms. The molecule has 1 aromatic rings. The second-order valence-corrected chi connectivity index (χ2v) is 4.17. The maximum atomic E-state index is 2.31. The number of hydrogen-bond acceptors (Lipinski definition) is 0. The molecule has 0 fully saturated rings. The molecule has 0 N–H and O–H groups in total. The molecule has 0 heterocycles. The van der Waals surface area contributed by atoms with Crippen LogP contribution in [-0.2, 0) is 4.43 Å². The van der Waals surface area contributed by atoms with Crippen LogP contribution in [-0.4, -0.2) is 4.93 Å². The summed E-state index contributed by atoms with van der Waals surface area (Å²) >= 11 is 0.429. The molecule has 0 aliphatic carbocycles. The van der Waals surface area contributed by atoms with Gasteiger partial charge in [0.05, 0.1) is 0 Å². The Balaban J connectivity index is 2.61. The molecule has 0 atom stereocenters. The third kappa shape index (κ3) is 2.35. The van der Waals surface area contributed by atoms with Crippen LogP contribution in [0.3, 0.4) is 0 Å². The summed E-state index contributed by atoms with van der Waals surface area (Å²) in [5, 5.41) is 0. The van der Waals surface area contributed by atoms with Crippen LogP contribution < -0.4 is 0 Å². The van der Waals surface area contributed by atoms with Gasteiger partial charge in [-0.2, -0.15) is 21.2 Å². The molecule has 0 aliphatic rings. The van der Waals surface area contributed by atoms with Crippen molar-refractivity contribution in [2.24, 2.45) is 0 Å². The summed E-state index contributed by atoms with van der Waals surface area (Å²) in [6.45, 7) is 0. The van der Waals surface area contributed by atoms with E-state index in [9.17, 15) is 0 Å². The van der Waals surface area contributed by atoms with E-state index in [1.54, 1.807) is 0 Å². The Kier molecular flexibility index (Phi) is 3.04. The minimum Gasteiger partial charge on any atom is -0.150 e. The Morgan fingerprint density at radius 3 is 2.44 bits per heavy atom. The van der Waals surface area contributed by atoms with Gasteiger partial charge in [-0.15, -0.1) is 0 Å². The van der Waals surface area contributed by atoms with Crippen LogP contribution in [0, 0.1) is 0 Å². The van der Waals surface area contributed by atoms with Gasteiger partial charge in [0.2, 0.25) is 0 Å². The monoisotopic (exact) mass is 233 g/mol. The van der Waals surface area contributed by atoms with E-state index in [-0.39, 0.29) is 0 Å². The van der Waals surface area contributed by atoms with Gasteiger partial charge in [-0.1, -0.05) is 30.3 Å². The number of hydrogen-bond donors (Lipinski definition) is 0. The van der Waals surface area contributed by atoms with Gasteiger partial charge < -0.3 is 0 Å². The fraction of sp³-hybridized carbons (Fsp3) is 0.250. The largest absolute Gasteiger partial charge is 0.150 e. The normalized spacial score (nSPS) is 9.44. The Morgan fingerprint density at radius 1 is 1.22 bits per heavy atom. The number of benzene rings is 1. The second-order valence-electron chi connectivity index (χ2n) is 1.89. The topological polar surface area (TPSA) is 0 Å². The van der Waals surface area contributed by atoms with Crippen molar-refractivity contribution < 1.29 is 0 Å². The summed E-state index contributed by atoms with van der Waals surface area (Å²) in [5.74, 6) is 0. The lowest BCUT2D eigenvalue weighted by atomic mass is 10.2. The highest BCUT2D eigenvalue weighted by molar-refractivity contribution is 14.2. The van der Waals surface area contributed by atoms with E-state index in [0.717, 1.165) is 0 Å². The summed E-state index contributed by atoms with van der Waals surface area (Å²) in [7, 11) is 0. The molecular formula is C8H10I. The van der Waals surface area contributed by atoms with Crippen molar-refractivity contribution in [2.75, 3.05) is 4.93 Å². The maximum Gasteiger partial charge on any atom is 0.0160 e. The third-order valence-corrected chi connectivity index (χ3v) is 2.77. The van der Waals surface area contributed by atoms with E-state index in [2.05, 4.69) is 35.3 Å². The van der Waals surface area contributed by atoms with Crippen molar-refractivity contribution in [3.05, 3.63) is 35.9 Å². The molecule has 0 unspecified atom stereocenters. The van der Waals surface area contributed by atoms with Crippen molar-refractivity contribution in [3.8, 4) is 0 Å². The second kappa shape index (κ2) is 3.88. The molecule has 0 nitrogen and oxygen atoms in total. The molecule has 1 rings (SSSR count). The third-order valence-electron chi connectivity index (χ3n) is 1.13. The van der Waals surface area contributed by atoms with Crippen molar-refractivity contribution >= 4 is 21.2 Å². The van der Waals surface area contributed by atoms with E-state index in [1.807, 2.05) is 0 Å². The van der Waals surface area contributed by atoms with E-state index in [0.29, 0.717) is 21.2 Å². The summed E-state index contributed by atoms with van der Waals surface area (Å²) < 4.78 is 1.32. The average Bonchev–Trinajstić information content (AvgIpc) is 1.91. The van der Waals surface area contributed by atoms with E-state index in [1.165, 1.54) is 9.99 Å². The Bertz CT molecular complexity index is 157. The highest BCUT2D eigenvalue weighted by atomic mass is 127. The van der Waals surface area contributed by atoms with Crippen molar-refractivity contribution in [1.82, 2.24) is 0 Å². The smallest absolute Gasteiger partial charge is 0.0160 e. The zero-order valence-electron chi connectivity index (χ0n) is 5.47. The molecular weight excluding hydrogens is 223 g/mol. The molecule has 0 saturated heterocycles. The molecule has 0 aromatic heterocycles. The standard InChI is InChI=1S/C8H10I/c1-9-7-8-5-3-2-4-6-8/h2-6H,7H2,1H3. The van der Waals surface area contributed by atoms with E-state index in [4.69, 9.17) is 0 Å². The predicted molar refractivity (Wildman–Crippen MR) is 50.1 cm³/mol. The van der Waals surface area contributed by atoms with Crippen LogP contribution >= 0.6 is 21.2 Å². The van der Waals surface area contributed by atoms with Gasteiger partial charge in [0.15, 0.2) is 0 Å². The fourth-order valence-electron chi connectivity index (χ4n) is 0.721. The van der Waals surface area contributed by atoms with E-state index >= 15 is 0 Å². The molecule has 1 radical (unpaired) electrons. The summed E-state index contributed by atoms with van der Waals surface area (Å²) in [4.78, 5) is 2.31. The van der Waals surface area contributed by atoms with Crippen LogP contribution in [0.1, 0.15) is 5.56 Å². The molecule has 0 spiro atoms. The van der Waals surface area contributed by atoms with Crippen LogP contribution in [0.2, 0.25) is 0 Å². The minimum absolute atomic E-state index is 0.429. The molecule has 1 aromatic carbocycles. The highest BCUT2D eigenvalue weighted by Gasteiger charge is 1.84. The van der Waals surface area contributed by atoms with Gasteiger partial charge >= 0.3 is 0 Å². The number of rotatable bonds is 2. The van der Waals surface area contributed by atoms with Gasteiger partial charge in [0, 0.05) is 4.43 Å². The van der Waals surface area contributed by atoms with Crippen molar-refractivity contribution in [3.63, 3.8) is 0 Å². The van der Waals surface area contributed by atoms with Crippen LogP contribution in [0.25, 0.3) is 0 Å². The highest BCUT2D eigenvalue weighted by Crippen LogP contribution is 2.13. The Labute approximate surface area is 66.5 Å². The Hall–Kier alpha value is -0.0500. The zero-order valence-corrected chi connectivity index (χ0v) is 7.63. The van der Waals surface area contributed by atoms with Crippen LogP contribution in [0.5, 0.6) is 0 Å². The predicted octanol–water partition coefficient (Wildman–Crippen LogP) is 2.79. The first kappa shape index (κ1) is 7.06. The first-order valence-corrected chi connectivity index (χ1v) is 6.59. The lowest BCUT2D eigenvalue weighted by Crippen LogP contribution is -1.73. The summed E-state index contributed by atoms with van der Waals surface area (Å²) in [5.41, 5.74) is 1.49. The Morgan fingerprint density at radius 2 is 1.89 bits per heavy atom. The molecule has 0 amide bonds. The SMILES string of the molecule is C[I]Cc1ccccc1.